The van der Waals surface area contributed by atoms with E-state index in [1.54, 1.807) is 6.08 Å². The van der Waals surface area contributed by atoms with Gasteiger partial charge in [-0.25, -0.2) is 4.79 Å². The summed E-state index contributed by atoms with van der Waals surface area (Å²) in [6.45, 7) is 4.61. The molecule has 122 valence electrons. The molecule has 0 fully saturated rings. The molecule has 0 radical (unpaired) electrons. The van der Waals surface area contributed by atoms with Crippen LogP contribution in [-0.2, 0) is 4.79 Å². The molecule has 2 nitrogen and oxygen atoms in total. The SMILES string of the molecule is CCCCCCC(C)CC=CCCCCC/C=C\C(=O)O. The number of carboxylic acids is 1. The van der Waals surface area contributed by atoms with Gasteiger partial charge in [0.15, 0.2) is 0 Å². The van der Waals surface area contributed by atoms with Crippen molar-refractivity contribution in [3.05, 3.63) is 24.3 Å². The van der Waals surface area contributed by atoms with Gasteiger partial charge in [-0.15, -0.1) is 0 Å². The van der Waals surface area contributed by atoms with Crippen molar-refractivity contribution in [3.63, 3.8) is 0 Å². The van der Waals surface area contributed by atoms with E-state index in [4.69, 9.17) is 5.11 Å². The summed E-state index contributed by atoms with van der Waals surface area (Å²) in [5.41, 5.74) is 0. The number of unbranched alkanes of at least 4 members (excludes halogenated alkanes) is 7. The summed E-state index contributed by atoms with van der Waals surface area (Å²) >= 11 is 0. The Morgan fingerprint density at radius 2 is 1.62 bits per heavy atom. The molecule has 0 bridgehead atoms. The summed E-state index contributed by atoms with van der Waals surface area (Å²) in [5, 5.41) is 8.44. The van der Waals surface area contributed by atoms with Gasteiger partial charge in [-0.1, -0.05) is 70.6 Å². The molecule has 0 heterocycles. The van der Waals surface area contributed by atoms with Gasteiger partial charge in [-0.3, -0.25) is 0 Å². The number of allylic oxidation sites excluding steroid dienone is 3. The molecule has 0 saturated carbocycles. The number of carbonyl (C=O) groups is 1. The van der Waals surface area contributed by atoms with Crippen LogP contribution in [0.15, 0.2) is 24.3 Å². The van der Waals surface area contributed by atoms with Crippen LogP contribution in [0, 0.1) is 5.92 Å². The number of hydrogen-bond acceptors (Lipinski definition) is 1. The Morgan fingerprint density at radius 1 is 0.952 bits per heavy atom. The fraction of sp³-hybridized carbons (Fsp3) is 0.737. The summed E-state index contributed by atoms with van der Waals surface area (Å²) in [5.74, 6) is -0.0268. The summed E-state index contributed by atoms with van der Waals surface area (Å²) in [6.07, 6.45) is 21.2. The smallest absolute Gasteiger partial charge is 0.327 e. The number of hydrogen-bond donors (Lipinski definition) is 1. The van der Waals surface area contributed by atoms with Crippen LogP contribution in [0.3, 0.4) is 0 Å². The van der Waals surface area contributed by atoms with Crippen molar-refractivity contribution in [2.24, 2.45) is 5.92 Å². The molecular formula is C19H34O2. The van der Waals surface area contributed by atoms with E-state index in [0.29, 0.717) is 0 Å². The first kappa shape index (κ1) is 19.9. The van der Waals surface area contributed by atoms with Crippen molar-refractivity contribution in [3.8, 4) is 0 Å². The van der Waals surface area contributed by atoms with Crippen LogP contribution >= 0.6 is 0 Å². The van der Waals surface area contributed by atoms with Crippen LogP contribution in [0.5, 0.6) is 0 Å². The Hall–Kier alpha value is -1.05. The molecule has 1 N–H and O–H groups in total. The Balaban J connectivity index is 3.33. The zero-order valence-electron chi connectivity index (χ0n) is 14.0. The third-order valence-electron chi connectivity index (χ3n) is 3.76. The monoisotopic (exact) mass is 294 g/mol. The molecule has 0 saturated heterocycles. The quantitative estimate of drug-likeness (QED) is 0.238. The molecule has 0 aromatic heterocycles. The highest BCUT2D eigenvalue weighted by Crippen LogP contribution is 2.14. The van der Waals surface area contributed by atoms with E-state index in [-0.39, 0.29) is 0 Å². The van der Waals surface area contributed by atoms with Crippen LogP contribution in [-0.4, -0.2) is 11.1 Å². The maximum Gasteiger partial charge on any atom is 0.327 e. The number of rotatable bonds is 14. The normalized spacial score (nSPS) is 13.2. The van der Waals surface area contributed by atoms with Gasteiger partial charge in [0.05, 0.1) is 0 Å². The van der Waals surface area contributed by atoms with Gasteiger partial charge in [-0.2, -0.15) is 0 Å². The molecule has 2 heteroatoms. The van der Waals surface area contributed by atoms with Gasteiger partial charge in [-0.05, 0) is 38.0 Å². The molecule has 21 heavy (non-hydrogen) atoms. The first-order chi connectivity index (χ1) is 10.2. The second kappa shape index (κ2) is 15.3. The first-order valence-corrected chi connectivity index (χ1v) is 8.71. The Bertz CT molecular complexity index is 292. The van der Waals surface area contributed by atoms with Crippen LogP contribution < -0.4 is 0 Å². The molecule has 0 aliphatic rings. The van der Waals surface area contributed by atoms with Crippen LogP contribution in [0.1, 0.15) is 84.5 Å². The second-order valence-electron chi connectivity index (χ2n) is 6.04. The minimum Gasteiger partial charge on any atom is -0.478 e. The lowest BCUT2D eigenvalue weighted by Crippen LogP contribution is -1.92. The average Bonchev–Trinajstić information content (AvgIpc) is 2.45. The fourth-order valence-corrected chi connectivity index (χ4v) is 2.37. The summed E-state index contributed by atoms with van der Waals surface area (Å²) in [6, 6.07) is 0. The molecule has 0 rings (SSSR count). The van der Waals surface area contributed by atoms with E-state index in [1.807, 2.05) is 0 Å². The molecule has 0 aliphatic heterocycles. The van der Waals surface area contributed by atoms with Crippen molar-refractivity contribution < 1.29 is 9.90 Å². The highest BCUT2D eigenvalue weighted by atomic mass is 16.4. The largest absolute Gasteiger partial charge is 0.478 e. The Labute approximate surface area is 131 Å². The standard InChI is InChI=1S/C19H34O2/c1-3-4-5-12-15-18(2)16-13-10-8-6-7-9-11-14-17-19(20)21/h10,13-14,17-18H,3-9,11-12,15-16H2,1-2H3,(H,20,21)/b13-10?,17-14-. The number of carboxylic acid groups (broad SMARTS) is 1. The molecule has 0 aromatic carbocycles. The van der Waals surface area contributed by atoms with Crippen molar-refractivity contribution in [1.82, 2.24) is 0 Å². The topological polar surface area (TPSA) is 37.3 Å². The maximum atomic E-state index is 10.3. The number of aliphatic carboxylic acids is 1. The summed E-state index contributed by atoms with van der Waals surface area (Å²) in [4.78, 5) is 10.3. The molecule has 1 unspecified atom stereocenters. The van der Waals surface area contributed by atoms with Crippen LogP contribution in [0.25, 0.3) is 0 Å². The molecule has 0 aromatic rings. The molecule has 0 spiro atoms. The minimum absolute atomic E-state index is 0.819. The van der Waals surface area contributed by atoms with Crippen molar-refractivity contribution in [2.75, 3.05) is 0 Å². The lowest BCUT2D eigenvalue weighted by Gasteiger charge is -2.07. The van der Waals surface area contributed by atoms with E-state index in [0.717, 1.165) is 25.2 Å². The van der Waals surface area contributed by atoms with E-state index in [1.165, 1.54) is 57.4 Å². The molecule has 0 amide bonds. The second-order valence-corrected chi connectivity index (χ2v) is 6.04. The Kier molecular flexibility index (Phi) is 14.6. The van der Waals surface area contributed by atoms with E-state index >= 15 is 0 Å². The van der Waals surface area contributed by atoms with Crippen molar-refractivity contribution >= 4 is 5.97 Å². The van der Waals surface area contributed by atoms with Gasteiger partial charge in [0.1, 0.15) is 0 Å². The predicted octanol–water partition coefficient (Wildman–Crippen LogP) is 6.13. The van der Waals surface area contributed by atoms with Gasteiger partial charge >= 0.3 is 5.97 Å². The maximum absolute atomic E-state index is 10.3. The lowest BCUT2D eigenvalue weighted by atomic mass is 9.99. The first-order valence-electron chi connectivity index (χ1n) is 8.71. The van der Waals surface area contributed by atoms with Crippen LogP contribution in [0.2, 0.25) is 0 Å². The highest BCUT2D eigenvalue weighted by Gasteiger charge is 1.98. The average molecular weight is 294 g/mol. The van der Waals surface area contributed by atoms with Crippen molar-refractivity contribution in [1.29, 1.82) is 0 Å². The van der Waals surface area contributed by atoms with Crippen LogP contribution in [0.4, 0.5) is 0 Å². The van der Waals surface area contributed by atoms with Gasteiger partial charge < -0.3 is 5.11 Å². The Morgan fingerprint density at radius 3 is 2.29 bits per heavy atom. The zero-order valence-corrected chi connectivity index (χ0v) is 14.0. The minimum atomic E-state index is -0.846. The van der Waals surface area contributed by atoms with Gasteiger partial charge in [0.25, 0.3) is 0 Å². The molecule has 1 atom stereocenters. The predicted molar refractivity (Wildman–Crippen MR) is 91.5 cm³/mol. The summed E-state index contributed by atoms with van der Waals surface area (Å²) < 4.78 is 0. The summed E-state index contributed by atoms with van der Waals surface area (Å²) in [7, 11) is 0. The highest BCUT2D eigenvalue weighted by molar-refractivity contribution is 5.79. The van der Waals surface area contributed by atoms with E-state index in [2.05, 4.69) is 26.0 Å². The zero-order chi connectivity index (χ0) is 15.8. The van der Waals surface area contributed by atoms with E-state index in [9.17, 15) is 4.79 Å². The van der Waals surface area contributed by atoms with Crippen molar-refractivity contribution in [2.45, 2.75) is 84.5 Å². The van der Waals surface area contributed by atoms with Gasteiger partial charge in [0, 0.05) is 6.08 Å². The lowest BCUT2D eigenvalue weighted by molar-refractivity contribution is -0.131. The third-order valence-corrected chi connectivity index (χ3v) is 3.76. The third kappa shape index (κ3) is 16.9. The fourth-order valence-electron chi connectivity index (χ4n) is 2.37. The van der Waals surface area contributed by atoms with E-state index < -0.39 is 5.97 Å². The molecular weight excluding hydrogens is 260 g/mol. The molecule has 0 aliphatic carbocycles. The van der Waals surface area contributed by atoms with Gasteiger partial charge in [0.2, 0.25) is 0 Å².